The van der Waals surface area contributed by atoms with Gasteiger partial charge in [-0.15, -0.1) is 51.1 Å². The fourth-order valence-corrected chi connectivity index (χ4v) is 10.6. The maximum absolute atomic E-state index is 11.6. The highest BCUT2D eigenvalue weighted by molar-refractivity contribution is 8.01. The van der Waals surface area contributed by atoms with Crippen LogP contribution in [0.25, 0.3) is 9.69 Å². The van der Waals surface area contributed by atoms with E-state index in [9.17, 15) is 58.8 Å². The van der Waals surface area contributed by atoms with E-state index in [0.29, 0.717) is 38.2 Å². The molecule has 0 saturated carbocycles. The average molecular weight is 1460 g/mol. The van der Waals surface area contributed by atoms with Crippen molar-refractivity contribution in [2.24, 2.45) is 52.4 Å². The predicted octanol–water partition coefficient (Wildman–Crippen LogP) is 14.2. The standard InChI is InChI=1S/C15H14N6O4S.C15H14N6O3S.C14H16N6O3S2.C13H14N6O4S/c1-4-25-15(24)18-9-6-11(22)8(13(16)23)5-10(9)19-20-14-12(17-3)7(2)21-26-14;1-7-14(16-4)15(25-21-7)20-19-11-5-12(18-9(3)23)13(24)6-10(11)17-8(2)22;1-4-24-14-20-19-13(25-14)18-17-10-5-11(16-8(3)22)12(23)6-9(10)15-7(2)21;1-3-23-13(22)16-8-5-10(20)7(11(14)21)4-9(8)17-18-12-15-6(2)19-24-12/h5-6,22H,4H2,1-2H3,(H2,16,23)(H,18,24);5-6,24H,1-3H3,(H,17,22)(H,18,23);5-6,23H,4H2,1-3H3,(H,15,21)(H,16,22);4-5,20H,3H2,1-2H3,(H2,14,21)(H,16,22). The van der Waals surface area contributed by atoms with Crippen LogP contribution in [0.5, 0.6) is 23.0 Å². The van der Waals surface area contributed by atoms with Gasteiger partial charge in [0.1, 0.15) is 51.6 Å². The van der Waals surface area contributed by atoms with Crippen LogP contribution in [0.1, 0.15) is 86.4 Å². The van der Waals surface area contributed by atoms with Gasteiger partial charge in [-0.2, -0.15) is 4.37 Å². The number of hydrogen-bond donors (Lipinski definition) is 12. The summed E-state index contributed by atoms with van der Waals surface area (Å²) in [5, 5.41) is 95.4. The number of ether oxygens (including phenoxy) is 2. The molecule has 14 N–H and O–H groups in total. The van der Waals surface area contributed by atoms with Crippen molar-refractivity contribution in [2.45, 2.75) is 73.6 Å². The predicted molar refractivity (Wildman–Crippen MR) is 372 cm³/mol. The second kappa shape index (κ2) is 37.7. The summed E-state index contributed by atoms with van der Waals surface area (Å²) in [5.41, 5.74) is 13.2. The normalized spacial score (nSPS) is 10.6. The van der Waals surface area contributed by atoms with Crippen LogP contribution in [0.3, 0.4) is 0 Å². The van der Waals surface area contributed by atoms with Crippen LogP contribution in [0.15, 0.2) is 93.8 Å². The number of aryl methyl sites for hydroxylation is 3. The Morgan fingerprint density at radius 3 is 1.22 bits per heavy atom. The molecule has 8 amide bonds. The minimum Gasteiger partial charge on any atom is -0.507 e. The van der Waals surface area contributed by atoms with Crippen LogP contribution < -0.4 is 43.4 Å². The Bertz CT molecular complexity index is 4610. The van der Waals surface area contributed by atoms with Crippen molar-refractivity contribution in [1.82, 2.24) is 28.3 Å². The molecule has 4 aromatic heterocycles. The number of carbonyl (C=O) groups is 8. The maximum atomic E-state index is 11.6. The summed E-state index contributed by atoms with van der Waals surface area (Å²) in [6.07, 6.45) is -1.52. The number of hydrogen-bond acceptors (Lipinski definition) is 33. The molecule has 0 unspecified atom stereocenters. The lowest BCUT2D eigenvalue weighted by Gasteiger charge is -2.10. The average Bonchev–Trinajstić information content (AvgIpc) is 1.21. The van der Waals surface area contributed by atoms with Crippen LogP contribution in [0, 0.1) is 33.9 Å². The number of thioether (sulfide) groups is 1. The van der Waals surface area contributed by atoms with Crippen molar-refractivity contribution >= 4 is 194 Å². The Hall–Kier alpha value is -12.5. The van der Waals surface area contributed by atoms with Crippen molar-refractivity contribution < 1.29 is 68.3 Å². The van der Waals surface area contributed by atoms with Gasteiger partial charge in [-0.25, -0.2) is 33.0 Å². The molecule has 0 aliphatic carbocycles. The third-order valence-corrected chi connectivity index (χ3v) is 15.4. The summed E-state index contributed by atoms with van der Waals surface area (Å²) < 4.78 is 22.4. The van der Waals surface area contributed by atoms with Gasteiger partial charge in [-0.3, -0.25) is 39.4 Å². The third kappa shape index (κ3) is 23.7. The van der Waals surface area contributed by atoms with E-state index < -0.39 is 35.5 Å². The SMILES string of the molecule is CCOC(=O)Nc1cc(O)c(C(N)=O)cc1N=Nc1nc(C)ns1.CCSc1nnc(N=Nc2cc(NC(C)=O)c(O)cc2NC(C)=O)s1.[C-]#[N+]c1c(C)nsc1N=Nc1cc(C(N)=O)c(O)cc1NC(=O)OCC.[C-]#[N+]c1c(C)nsc1N=Nc1cc(NC(C)=O)c(O)cc1NC(C)=O. The van der Waals surface area contributed by atoms with E-state index >= 15 is 0 Å². The van der Waals surface area contributed by atoms with Crippen molar-refractivity contribution in [3.8, 4) is 23.0 Å². The molecule has 0 spiro atoms. The molecule has 0 fully saturated rings. The summed E-state index contributed by atoms with van der Waals surface area (Å²) in [4.78, 5) is 102. The number of anilines is 6. The largest absolute Gasteiger partial charge is 0.507 e. The molecule has 8 rings (SSSR count). The van der Waals surface area contributed by atoms with Gasteiger partial charge < -0.3 is 62.6 Å². The Kier molecular flexibility index (Phi) is 29.5. The van der Waals surface area contributed by atoms with Crippen molar-refractivity contribution in [3.63, 3.8) is 0 Å². The number of nitrogens with two attached hydrogens (primary N) is 2. The van der Waals surface area contributed by atoms with Crippen molar-refractivity contribution in [1.29, 1.82) is 0 Å². The molecular formula is C57H58N24O14S5. The van der Waals surface area contributed by atoms with Gasteiger partial charge >= 0.3 is 12.2 Å². The van der Waals surface area contributed by atoms with E-state index in [2.05, 4.69) is 111 Å². The van der Waals surface area contributed by atoms with Crippen molar-refractivity contribution in [3.05, 3.63) is 99.7 Å². The molecule has 0 saturated heterocycles. The molecule has 4 heterocycles. The topological polar surface area (TPSA) is 545 Å². The molecule has 0 bridgehead atoms. The number of nitrogens with one attached hydrogen (secondary N) is 6. The van der Waals surface area contributed by atoms with Gasteiger partial charge in [0.15, 0.2) is 14.3 Å². The van der Waals surface area contributed by atoms with Crippen LogP contribution in [0.2, 0.25) is 0 Å². The van der Waals surface area contributed by atoms with E-state index in [-0.39, 0.29) is 127 Å². The number of aromatic hydroxyl groups is 4. The van der Waals surface area contributed by atoms with Crippen LogP contribution in [-0.4, -0.2) is 115 Å². The van der Waals surface area contributed by atoms with E-state index in [1.165, 1.54) is 75.4 Å². The molecule has 4 aromatic carbocycles. The summed E-state index contributed by atoms with van der Waals surface area (Å²) in [7, 11) is 0. The number of benzene rings is 4. The molecule has 0 atom stereocenters. The zero-order valence-electron chi connectivity index (χ0n) is 54.0. The highest BCUT2D eigenvalue weighted by Crippen LogP contribution is 2.43. The first-order valence-electron chi connectivity index (χ1n) is 28.1. The Morgan fingerprint density at radius 1 is 0.490 bits per heavy atom. The molecular weight excluding hydrogens is 1410 g/mol. The number of azo groups is 4. The number of phenolic OH excluding ortho intramolecular Hbond substituents is 2. The Morgan fingerprint density at radius 2 is 0.860 bits per heavy atom. The monoisotopic (exact) mass is 1460 g/mol. The number of carbonyl (C=O) groups excluding carboxylic acids is 8. The minimum atomic E-state index is -0.878. The van der Waals surface area contributed by atoms with Gasteiger partial charge in [-0.1, -0.05) is 30.0 Å². The first-order chi connectivity index (χ1) is 47.5. The molecule has 43 heteroatoms. The zero-order valence-corrected chi connectivity index (χ0v) is 58.0. The van der Waals surface area contributed by atoms with Gasteiger partial charge in [0.2, 0.25) is 40.1 Å². The summed E-state index contributed by atoms with van der Waals surface area (Å²) in [6.45, 7) is 30.2. The number of aromatic nitrogens is 6. The second-order valence-corrected chi connectivity index (χ2v) is 23.7. The molecule has 0 radical (unpaired) electrons. The van der Waals surface area contributed by atoms with Crippen molar-refractivity contribution in [2.75, 3.05) is 50.9 Å². The van der Waals surface area contributed by atoms with Crippen LogP contribution in [-0.2, 0) is 28.7 Å². The molecule has 0 aliphatic rings. The van der Waals surface area contributed by atoms with E-state index in [4.69, 9.17) is 34.1 Å². The lowest BCUT2D eigenvalue weighted by molar-refractivity contribution is -0.115. The van der Waals surface area contributed by atoms with Crippen LogP contribution in [0.4, 0.5) is 98.1 Å². The maximum Gasteiger partial charge on any atom is 0.411 e. The first kappa shape index (κ1) is 78.2. The minimum absolute atomic E-state index is 0.0478. The lowest BCUT2D eigenvalue weighted by atomic mass is 10.1. The number of phenols is 4. The number of nitrogens with zero attached hydrogens (tertiary/aromatic N) is 16. The highest BCUT2D eigenvalue weighted by Gasteiger charge is 2.20. The fraction of sp³-hybridized carbons (Fsp3) is 0.228. The lowest BCUT2D eigenvalue weighted by Crippen LogP contribution is -2.15. The van der Waals surface area contributed by atoms with E-state index in [1.54, 1.807) is 46.4 Å². The highest BCUT2D eigenvalue weighted by atomic mass is 32.2. The van der Waals surface area contributed by atoms with Gasteiger partial charge in [0, 0.05) is 63.5 Å². The molecule has 8 aromatic rings. The van der Waals surface area contributed by atoms with E-state index in [0.717, 1.165) is 56.8 Å². The Labute approximate surface area is 586 Å². The van der Waals surface area contributed by atoms with Gasteiger partial charge in [-0.05, 0) is 87.7 Å². The van der Waals surface area contributed by atoms with Crippen LogP contribution >= 0.6 is 57.7 Å². The zero-order chi connectivity index (χ0) is 73.9. The van der Waals surface area contributed by atoms with Gasteiger partial charge in [0.25, 0.3) is 16.9 Å². The smallest absolute Gasteiger partial charge is 0.411 e. The third-order valence-electron chi connectivity index (χ3n) is 11.3. The fourth-order valence-electron chi connectivity index (χ4n) is 7.18. The number of amides is 8. The summed E-state index contributed by atoms with van der Waals surface area (Å²) in [5.74, 6) is -2.99. The summed E-state index contributed by atoms with van der Waals surface area (Å²) in [6, 6.07) is 9.96. The Balaban J connectivity index is 0.000000240. The summed E-state index contributed by atoms with van der Waals surface area (Å²) >= 11 is 5.88. The molecule has 100 heavy (non-hydrogen) atoms. The quantitative estimate of drug-likeness (QED) is 0.0146. The number of rotatable bonds is 20. The molecule has 520 valence electrons. The number of primary amides is 2. The first-order valence-corrected chi connectivity index (χ1v) is 32.3. The second-order valence-electron chi connectivity index (χ2n) is 19.0. The molecule has 0 aliphatic heterocycles. The molecule has 38 nitrogen and oxygen atoms in total. The van der Waals surface area contributed by atoms with Gasteiger partial charge in [0.05, 0.1) is 83.0 Å². The van der Waals surface area contributed by atoms with E-state index in [1.807, 2.05) is 6.92 Å².